The van der Waals surface area contributed by atoms with Crippen molar-refractivity contribution in [2.45, 2.75) is 19.0 Å². The van der Waals surface area contributed by atoms with Crippen molar-refractivity contribution in [3.8, 4) is 5.69 Å². The van der Waals surface area contributed by atoms with E-state index in [0.717, 1.165) is 17.1 Å². The summed E-state index contributed by atoms with van der Waals surface area (Å²) in [5.74, 6) is -0.701. The van der Waals surface area contributed by atoms with Crippen LogP contribution in [0.15, 0.2) is 85.2 Å². The van der Waals surface area contributed by atoms with E-state index in [1.165, 1.54) is 13.2 Å². The van der Waals surface area contributed by atoms with E-state index in [2.05, 4.69) is 10.3 Å². The molecule has 35 heavy (non-hydrogen) atoms. The Labute approximate surface area is 208 Å². The lowest BCUT2D eigenvalue weighted by molar-refractivity contribution is 0.0600. The van der Waals surface area contributed by atoms with Crippen molar-refractivity contribution < 1.29 is 13.9 Å². The molecule has 6 nitrogen and oxygen atoms in total. The molecule has 5 rings (SSSR count). The average Bonchev–Trinajstić information content (AvgIpc) is 3.50. The molecule has 1 aliphatic rings. The number of rotatable bonds is 5. The summed E-state index contributed by atoms with van der Waals surface area (Å²) in [6.07, 6.45) is 3.65. The molecule has 2 aromatic heterocycles. The number of thiocarbonyl (C=S) groups is 1. The minimum atomic E-state index is -0.424. The number of halogens is 1. The maximum atomic E-state index is 14.1. The van der Waals surface area contributed by atoms with Crippen LogP contribution in [-0.2, 0) is 4.74 Å². The first-order valence-electron chi connectivity index (χ1n) is 11.1. The number of anilines is 1. The molecule has 176 valence electrons. The summed E-state index contributed by atoms with van der Waals surface area (Å²) in [6.45, 7) is 1.73. The van der Waals surface area contributed by atoms with Crippen LogP contribution in [0, 0.1) is 12.7 Å². The van der Waals surface area contributed by atoms with E-state index in [9.17, 15) is 9.18 Å². The van der Waals surface area contributed by atoms with E-state index in [1.54, 1.807) is 37.4 Å². The van der Waals surface area contributed by atoms with Gasteiger partial charge in [-0.15, -0.1) is 0 Å². The molecule has 0 saturated carbocycles. The lowest BCUT2D eigenvalue weighted by atomic mass is 10.00. The van der Waals surface area contributed by atoms with Gasteiger partial charge in [0.05, 0.1) is 30.1 Å². The maximum Gasteiger partial charge on any atom is 0.339 e. The number of nitrogens with zero attached hydrogens (tertiary/aromatic N) is 3. The fourth-order valence-corrected chi connectivity index (χ4v) is 4.88. The first-order valence-corrected chi connectivity index (χ1v) is 11.5. The Balaban J connectivity index is 1.70. The number of methoxy groups -OCH3 is 1. The molecular weight excluding hydrogens is 463 g/mol. The number of aromatic nitrogens is 2. The molecule has 0 radical (unpaired) electrons. The fourth-order valence-electron chi connectivity index (χ4n) is 4.53. The van der Waals surface area contributed by atoms with Gasteiger partial charge in [0.25, 0.3) is 0 Å². The number of ether oxygens (including phenoxy) is 1. The van der Waals surface area contributed by atoms with Gasteiger partial charge in [0.15, 0.2) is 5.11 Å². The van der Waals surface area contributed by atoms with Gasteiger partial charge >= 0.3 is 5.97 Å². The van der Waals surface area contributed by atoms with Crippen molar-refractivity contribution in [2.24, 2.45) is 0 Å². The minimum absolute atomic E-state index is 0.278. The maximum absolute atomic E-state index is 14.1. The molecule has 0 aliphatic carbocycles. The van der Waals surface area contributed by atoms with Crippen molar-refractivity contribution >= 4 is 29.0 Å². The van der Waals surface area contributed by atoms with Crippen LogP contribution in [0.3, 0.4) is 0 Å². The van der Waals surface area contributed by atoms with Crippen molar-refractivity contribution in [2.75, 3.05) is 12.0 Å². The van der Waals surface area contributed by atoms with Crippen LogP contribution in [0.5, 0.6) is 0 Å². The third-order valence-corrected chi connectivity index (χ3v) is 6.48. The Hall–Kier alpha value is -4.04. The lowest BCUT2D eigenvalue weighted by Gasteiger charge is -2.29. The monoisotopic (exact) mass is 486 g/mol. The zero-order valence-corrected chi connectivity index (χ0v) is 20.0. The standard InChI is InChI=1S/C27H23FN4O2S/c1-17-16-18(12-13-20(17)28)32-25(24(30-27(32)35)21-9-5-6-14-29-21)23-11-7-15-31(23)22-10-4-3-8-19(22)26(33)34-2/h3-16,24-25H,1-2H3,(H,30,35)/t24-,25-/m1/s1. The predicted octanol–water partition coefficient (Wildman–Crippen LogP) is 5.28. The molecule has 1 aliphatic heterocycles. The summed E-state index contributed by atoms with van der Waals surface area (Å²) >= 11 is 5.78. The summed E-state index contributed by atoms with van der Waals surface area (Å²) in [5.41, 5.74) is 4.11. The highest BCUT2D eigenvalue weighted by Gasteiger charge is 2.42. The summed E-state index contributed by atoms with van der Waals surface area (Å²) in [4.78, 5) is 19.1. The normalized spacial score (nSPS) is 17.3. The SMILES string of the molecule is COC(=O)c1ccccc1-n1cccc1[C@@H]1[C@@H](c2ccccn2)NC(=S)N1c1ccc(F)c(C)c1. The highest BCUT2D eigenvalue weighted by Crippen LogP contribution is 2.42. The molecule has 0 unspecified atom stereocenters. The Kier molecular flexibility index (Phi) is 6.05. The molecular formula is C27H23FN4O2S. The third-order valence-electron chi connectivity index (χ3n) is 6.17. The van der Waals surface area contributed by atoms with Crippen molar-refractivity contribution in [1.29, 1.82) is 0 Å². The molecule has 8 heteroatoms. The molecule has 0 spiro atoms. The number of hydrogen-bond donors (Lipinski definition) is 1. The van der Waals surface area contributed by atoms with E-state index >= 15 is 0 Å². The highest BCUT2D eigenvalue weighted by molar-refractivity contribution is 7.80. The number of pyridine rings is 1. The number of hydrogen-bond acceptors (Lipinski definition) is 4. The van der Waals surface area contributed by atoms with Gasteiger partial charge in [-0.3, -0.25) is 4.98 Å². The number of aryl methyl sites for hydroxylation is 1. The number of para-hydroxylation sites is 1. The predicted molar refractivity (Wildman–Crippen MR) is 136 cm³/mol. The van der Waals surface area contributed by atoms with Gasteiger partial charge in [-0.05, 0) is 79.3 Å². The van der Waals surface area contributed by atoms with Crippen molar-refractivity contribution in [1.82, 2.24) is 14.9 Å². The van der Waals surface area contributed by atoms with Crippen molar-refractivity contribution in [3.63, 3.8) is 0 Å². The second-order valence-electron chi connectivity index (χ2n) is 8.24. The van der Waals surface area contributed by atoms with Crippen LogP contribution in [0.1, 0.15) is 39.4 Å². The van der Waals surface area contributed by atoms with Gasteiger partial charge < -0.3 is 19.5 Å². The van der Waals surface area contributed by atoms with Crippen LogP contribution in [0.25, 0.3) is 5.69 Å². The van der Waals surface area contributed by atoms with Crippen LogP contribution >= 0.6 is 12.2 Å². The number of nitrogens with one attached hydrogen (secondary N) is 1. The molecule has 0 amide bonds. The number of carbonyl (C=O) groups is 1. The molecule has 1 fully saturated rings. The molecule has 2 atom stereocenters. The second kappa shape index (κ2) is 9.31. The number of esters is 1. The minimum Gasteiger partial charge on any atom is -0.465 e. The van der Waals surface area contributed by atoms with Crippen LogP contribution in [0.2, 0.25) is 0 Å². The van der Waals surface area contributed by atoms with Gasteiger partial charge in [-0.2, -0.15) is 0 Å². The van der Waals surface area contributed by atoms with Gasteiger partial charge in [0, 0.05) is 23.8 Å². The van der Waals surface area contributed by atoms with Crippen molar-refractivity contribution in [3.05, 3.63) is 114 Å². The van der Waals surface area contributed by atoms with Gasteiger partial charge in [-0.25, -0.2) is 9.18 Å². The van der Waals surface area contributed by atoms with Gasteiger partial charge in [0.1, 0.15) is 11.9 Å². The first-order chi connectivity index (χ1) is 17.0. The van der Waals surface area contributed by atoms with E-state index in [-0.39, 0.29) is 17.9 Å². The van der Waals surface area contributed by atoms with Gasteiger partial charge in [-0.1, -0.05) is 18.2 Å². The molecule has 0 bridgehead atoms. The summed E-state index contributed by atoms with van der Waals surface area (Å²) in [7, 11) is 1.37. The largest absolute Gasteiger partial charge is 0.465 e. The quantitative estimate of drug-likeness (QED) is 0.306. The second-order valence-corrected chi connectivity index (χ2v) is 8.63. The lowest BCUT2D eigenvalue weighted by Crippen LogP contribution is -2.30. The highest BCUT2D eigenvalue weighted by atomic mass is 32.1. The molecule has 2 aromatic carbocycles. The topological polar surface area (TPSA) is 59.4 Å². The van der Waals surface area contributed by atoms with Crippen LogP contribution < -0.4 is 10.2 Å². The van der Waals surface area contributed by atoms with E-state index in [0.29, 0.717) is 21.9 Å². The fraction of sp³-hybridized carbons (Fsp3) is 0.148. The number of benzene rings is 2. The molecule has 3 heterocycles. The van der Waals surface area contributed by atoms with E-state index in [4.69, 9.17) is 17.0 Å². The van der Waals surface area contributed by atoms with Gasteiger partial charge in [0.2, 0.25) is 0 Å². The zero-order chi connectivity index (χ0) is 24.5. The van der Waals surface area contributed by atoms with Crippen LogP contribution in [0.4, 0.5) is 10.1 Å². The van der Waals surface area contributed by atoms with E-state index < -0.39 is 5.97 Å². The molecule has 4 aromatic rings. The Morgan fingerprint density at radius 1 is 1.09 bits per heavy atom. The zero-order valence-electron chi connectivity index (χ0n) is 19.2. The Morgan fingerprint density at radius 3 is 2.63 bits per heavy atom. The average molecular weight is 487 g/mol. The van der Waals surface area contributed by atoms with E-state index in [1.807, 2.05) is 58.1 Å². The third kappa shape index (κ3) is 4.06. The molecule has 1 saturated heterocycles. The summed E-state index contributed by atoms with van der Waals surface area (Å²) in [6, 6.07) is 21.3. The number of carbonyl (C=O) groups excluding carboxylic acids is 1. The Bertz CT molecular complexity index is 1410. The first kappa shape index (κ1) is 22.7. The summed E-state index contributed by atoms with van der Waals surface area (Å²) < 4.78 is 21.1. The van der Waals surface area contributed by atoms with Crippen LogP contribution in [-0.4, -0.2) is 27.7 Å². The molecule has 1 N–H and O–H groups in total. The smallest absolute Gasteiger partial charge is 0.339 e. The summed E-state index contributed by atoms with van der Waals surface area (Å²) in [5, 5.41) is 3.92. The Morgan fingerprint density at radius 2 is 1.89 bits per heavy atom.